The van der Waals surface area contributed by atoms with Crippen molar-refractivity contribution in [1.82, 2.24) is 9.88 Å². The molecule has 0 fully saturated rings. The van der Waals surface area contributed by atoms with Gasteiger partial charge in [0, 0.05) is 23.6 Å². The number of ether oxygens (including phenoxy) is 1. The molecule has 1 aromatic heterocycles. The van der Waals surface area contributed by atoms with Crippen LogP contribution in [-0.4, -0.2) is 17.6 Å². The van der Waals surface area contributed by atoms with Gasteiger partial charge in [-0.2, -0.15) is 0 Å². The van der Waals surface area contributed by atoms with Crippen LogP contribution in [0, 0.1) is 6.92 Å². The lowest BCUT2D eigenvalue weighted by Crippen LogP contribution is -2.27. The first-order valence-electron chi connectivity index (χ1n) is 8.62. The molecule has 2 aromatic carbocycles. The van der Waals surface area contributed by atoms with Gasteiger partial charge in [0.25, 0.3) is 5.91 Å². The smallest absolute Gasteiger partial charge is 0.254 e. The zero-order valence-corrected chi connectivity index (χ0v) is 14.8. The molecule has 1 heterocycles. The number of nitrogens with one attached hydrogen (secondary N) is 1. The minimum absolute atomic E-state index is 0.0157. The Bertz CT molecular complexity index is 971. The fourth-order valence-electron chi connectivity index (χ4n) is 3.90. The highest BCUT2D eigenvalue weighted by atomic mass is 16.5. The second-order valence-corrected chi connectivity index (χ2v) is 6.67. The molecule has 4 heteroatoms. The molecule has 1 amide bonds. The van der Waals surface area contributed by atoms with Gasteiger partial charge < -0.3 is 14.6 Å². The average Bonchev–Trinajstić information content (AvgIpc) is 3.14. The summed E-state index contributed by atoms with van der Waals surface area (Å²) in [6, 6.07) is 14.3. The maximum Gasteiger partial charge on any atom is 0.254 e. The summed E-state index contributed by atoms with van der Waals surface area (Å²) in [5.74, 6) is 0.747. The van der Waals surface area contributed by atoms with Crippen LogP contribution in [0.25, 0.3) is 10.9 Å². The van der Waals surface area contributed by atoms with E-state index in [1.165, 1.54) is 11.1 Å². The van der Waals surface area contributed by atoms with Gasteiger partial charge in [0.1, 0.15) is 5.75 Å². The Morgan fingerprint density at radius 1 is 1.24 bits per heavy atom. The Morgan fingerprint density at radius 3 is 2.84 bits per heavy atom. The average molecular weight is 334 g/mol. The number of amides is 1. The SMILES string of the molecule is COc1ccc2c(c1)c(C(=O)NC1CCc3ccccc31)c(C)n2C. The number of fused-ring (bicyclic) bond motifs is 2. The summed E-state index contributed by atoms with van der Waals surface area (Å²) in [5.41, 5.74) is 5.32. The van der Waals surface area contributed by atoms with E-state index in [4.69, 9.17) is 4.74 Å². The van der Waals surface area contributed by atoms with Gasteiger partial charge in [-0.3, -0.25) is 4.79 Å². The number of hydrogen-bond donors (Lipinski definition) is 1. The number of benzene rings is 2. The number of carbonyl (C=O) groups excluding carboxylic acids is 1. The van der Waals surface area contributed by atoms with Gasteiger partial charge in [-0.05, 0) is 49.1 Å². The summed E-state index contributed by atoms with van der Waals surface area (Å²) in [5, 5.41) is 4.18. The first kappa shape index (κ1) is 15.8. The molecular formula is C21H22N2O2. The molecular weight excluding hydrogens is 312 g/mol. The van der Waals surface area contributed by atoms with Gasteiger partial charge >= 0.3 is 0 Å². The van der Waals surface area contributed by atoms with Crippen LogP contribution in [0.4, 0.5) is 0 Å². The first-order valence-corrected chi connectivity index (χ1v) is 8.62. The first-order chi connectivity index (χ1) is 12.1. The molecule has 0 bridgehead atoms. The molecule has 1 aliphatic carbocycles. The van der Waals surface area contributed by atoms with Crippen LogP contribution in [0.3, 0.4) is 0 Å². The largest absolute Gasteiger partial charge is 0.497 e. The van der Waals surface area contributed by atoms with Gasteiger partial charge in [-0.1, -0.05) is 24.3 Å². The zero-order chi connectivity index (χ0) is 17.6. The molecule has 0 spiro atoms. The number of hydrogen-bond acceptors (Lipinski definition) is 2. The predicted molar refractivity (Wildman–Crippen MR) is 99.2 cm³/mol. The van der Waals surface area contributed by atoms with E-state index >= 15 is 0 Å². The standard InChI is InChI=1S/C21H22N2O2/c1-13-20(17-12-15(25-3)9-11-19(17)23(13)2)21(24)22-18-10-8-14-6-4-5-7-16(14)18/h4-7,9,11-12,18H,8,10H2,1-3H3,(H,22,24). The molecule has 1 N–H and O–H groups in total. The van der Waals surface area contributed by atoms with Crippen LogP contribution in [0.5, 0.6) is 5.75 Å². The number of methoxy groups -OCH3 is 1. The highest BCUT2D eigenvalue weighted by molar-refractivity contribution is 6.09. The Labute approximate surface area is 147 Å². The summed E-state index contributed by atoms with van der Waals surface area (Å²) in [7, 11) is 3.64. The van der Waals surface area contributed by atoms with Gasteiger partial charge in [0.15, 0.2) is 0 Å². The molecule has 4 rings (SSSR count). The summed E-state index contributed by atoms with van der Waals surface area (Å²) in [4.78, 5) is 13.1. The molecule has 25 heavy (non-hydrogen) atoms. The van der Waals surface area contributed by atoms with E-state index < -0.39 is 0 Å². The van der Waals surface area contributed by atoms with E-state index in [9.17, 15) is 4.79 Å². The van der Waals surface area contributed by atoms with Gasteiger partial charge in [0.2, 0.25) is 0 Å². The molecule has 128 valence electrons. The summed E-state index contributed by atoms with van der Waals surface area (Å²) in [6.07, 6.45) is 1.97. The van der Waals surface area contributed by atoms with Crippen molar-refractivity contribution in [2.24, 2.45) is 7.05 Å². The van der Waals surface area contributed by atoms with E-state index in [2.05, 4.69) is 28.1 Å². The third-order valence-electron chi connectivity index (χ3n) is 5.36. The minimum Gasteiger partial charge on any atom is -0.497 e. The molecule has 0 saturated heterocycles. The molecule has 0 radical (unpaired) electrons. The second-order valence-electron chi connectivity index (χ2n) is 6.67. The van der Waals surface area contributed by atoms with Crippen LogP contribution in [0.2, 0.25) is 0 Å². The lowest BCUT2D eigenvalue weighted by atomic mass is 10.1. The zero-order valence-electron chi connectivity index (χ0n) is 14.8. The quantitative estimate of drug-likeness (QED) is 0.789. The number of rotatable bonds is 3. The lowest BCUT2D eigenvalue weighted by molar-refractivity contribution is 0.0937. The van der Waals surface area contributed by atoms with Crippen molar-refractivity contribution >= 4 is 16.8 Å². The van der Waals surface area contributed by atoms with Crippen molar-refractivity contribution < 1.29 is 9.53 Å². The summed E-state index contributed by atoms with van der Waals surface area (Å²) >= 11 is 0. The summed E-state index contributed by atoms with van der Waals surface area (Å²) < 4.78 is 7.41. The topological polar surface area (TPSA) is 43.3 Å². The highest BCUT2D eigenvalue weighted by Gasteiger charge is 2.26. The normalized spacial score (nSPS) is 16.0. The van der Waals surface area contributed by atoms with Crippen LogP contribution in [0.15, 0.2) is 42.5 Å². The molecule has 3 aromatic rings. The van der Waals surface area contributed by atoms with Crippen molar-refractivity contribution in [3.63, 3.8) is 0 Å². The number of nitrogens with zero attached hydrogens (tertiary/aromatic N) is 1. The van der Waals surface area contributed by atoms with E-state index in [0.717, 1.165) is 40.8 Å². The monoisotopic (exact) mass is 334 g/mol. The fourth-order valence-corrected chi connectivity index (χ4v) is 3.90. The van der Waals surface area contributed by atoms with Crippen molar-refractivity contribution in [3.05, 3.63) is 64.8 Å². The van der Waals surface area contributed by atoms with Crippen molar-refractivity contribution in [2.75, 3.05) is 7.11 Å². The Hall–Kier alpha value is -2.75. The molecule has 4 nitrogen and oxygen atoms in total. The van der Waals surface area contributed by atoms with Gasteiger partial charge in [-0.15, -0.1) is 0 Å². The molecule has 1 atom stereocenters. The number of aromatic nitrogens is 1. The van der Waals surface area contributed by atoms with E-state index in [1.807, 2.05) is 38.2 Å². The minimum atomic E-state index is -0.0157. The maximum absolute atomic E-state index is 13.1. The van der Waals surface area contributed by atoms with E-state index in [0.29, 0.717) is 0 Å². The Balaban J connectivity index is 1.72. The van der Waals surface area contributed by atoms with Crippen LogP contribution >= 0.6 is 0 Å². The van der Waals surface area contributed by atoms with E-state index in [-0.39, 0.29) is 11.9 Å². The van der Waals surface area contributed by atoms with E-state index in [1.54, 1.807) is 7.11 Å². The second kappa shape index (κ2) is 5.96. The molecule has 0 aliphatic heterocycles. The third-order valence-corrected chi connectivity index (χ3v) is 5.36. The van der Waals surface area contributed by atoms with Crippen LogP contribution in [-0.2, 0) is 13.5 Å². The molecule has 0 saturated carbocycles. The number of carbonyl (C=O) groups is 1. The lowest BCUT2D eigenvalue weighted by Gasteiger charge is -2.14. The highest BCUT2D eigenvalue weighted by Crippen LogP contribution is 2.33. The Kier molecular flexibility index (Phi) is 3.75. The maximum atomic E-state index is 13.1. The predicted octanol–water partition coefficient (Wildman–Crippen LogP) is 3.91. The molecule has 1 aliphatic rings. The van der Waals surface area contributed by atoms with Gasteiger partial charge in [-0.25, -0.2) is 0 Å². The van der Waals surface area contributed by atoms with Crippen molar-refractivity contribution in [1.29, 1.82) is 0 Å². The number of aryl methyl sites for hydroxylation is 2. The fraction of sp³-hybridized carbons (Fsp3) is 0.286. The molecule has 1 unspecified atom stereocenters. The third kappa shape index (κ3) is 2.49. The Morgan fingerprint density at radius 2 is 2.04 bits per heavy atom. The van der Waals surface area contributed by atoms with Crippen molar-refractivity contribution in [3.8, 4) is 5.75 Å². The summed E-state index contributed by atoms with van der Waals surface area (Å²) in [6.45, 7) is 1.99. The van der Waals surface area contributed by atoms with Gasteiger partial charge in [0.05, 0.1) is 18.7 Å². The van der Waals surface area contributed by atoms with Crippen LogP contribution in [0.1, 0.15) is 39.6 Å². The van der Waals surface area contributed by atoms with Crippen LogP contribution < -0.4 is 10.1 Å². The van der Waals surface area contributed by atoms with Crippen molar-refractivity contribution in [2.45, 2.75) is 25.8 Å².